The van der Waals surface area contributed by atoms with Crippen molar-refractivity contribution in [1.82, 2.24) is 9.80 Å². The topological polar surface area (TPSA) is 203 Å². The number of carboxylic acids is 2. The van der Waals surface area contributed by atoms with Crippen molar-refractivity contribution in [2.75, 3.05) is 64.9 Å². The number of ether oxygens (including phenoxy) is 2. The number of rotatable bonds is 14. The largest absolute Gasteiger partial charge is 0.478 e. The normalized spacial score (nSPS) is 10.8. The quantitative estimate of drug-likeness (QED) is 0.111. The third kappa shape index (κ3) is 9.68. The number of aryl methyl sites for hydroxylation is 1. The lowest BCUT2D eigenvalue weighted by Crippen LogP contribution is -2.28. The monoisotopic (exact) mass is 664 g/mol. The molecule has 15 nitrogen and oxygen atoms in total. The van der Waals surface area contributed by atoms with Crippen molar-refractivity contribution >= 4 is 47.1 Å². The van der Waals surface area contributed by atoms with Crippen molar-refractivity contribution in [3.63, 3.8) is 0 Å². The van der Waals surface area contributed by atoms with Crippen molar-refractivity contribution in [2.24, 2.45) is 0 Å². The molecule has 3 aromatic carbocycles. The highest BCUT2D eigenvalue weighted by Crippen LogP contribution is 2.25. The molecule has 0 aromatic heterocycles. The lowest BCUT2D eigenvalue weighted by molar-refractivity contribution is 0.0468. The zero-order valence-corrected chi connectivity index (χ0v) is 27.0. The molecule has 4 N–H and O–H groups in total. The molecular weight excluding hydrogens is 628 g/mol. The minimum Gasteiger partial charge on any atom is -0.478 e. The molecule has 0 aliphatic rings. The molecule has 0 heterocycles. The van der Waals surface area contributed by atoms with Gasteiger partial charge in [0.05, 0.1) is 27.9 Å². The summed E-state index contributed by atoms with van der Waals surface area (Å²) in [6, 6.07) is 10.7. The van der Waals surface area contributed by atoms with Gasteiger partial charge in [-0.3, -0.25) is 14.8 Å². The van der Waals surface area contributed by atoms with E-state index in [9.17, 15) is 44.2 Å². The summed E-state index contributed by atoms with van der Waals surface area (Å²) >= 11 is 0. The number of nitrogens with one attached hydrogen (secondary N) is 1. The molecule has 3 aromatic rings. The SMILES string of the molecule is Cc1cc(N(O)C(=O)c2cc(C(=O)O)cc(C(=O)OCCN(C)C)c2)ccc1NC(=O)c1ccc(C(=O)O)c(C(=O)OCCN(C)C)c1. The summed E-state index contributed by atoms with van der Waals surface area (Å²) in [5.41, 5.74) is -0.918. The molecule has 15 heteroatoms. The smallest absolute Gasteiger partial charge is 0.339 e. The van der Waals surface area contributed by atoms with Gasteiger partial charge in [0.2, 0.25) is 0 Å². The van der Waals surface area contributed by atoms with Crippen LogP contribution in [0.3, 0.4) is 0 Å². The van der Waals surface area contributed by atoms with Crippen LogP contribution in [0.15, 0.2) is 54.6 Å². The highest BCUT2D eigenvalue weighted by atomic mass is 16.5. The fourth-order valence-electron chi connectivity index (χ4n) is 4.19. The molecule has 0 atom stereocenters. The molecule has 0 unspecified atom stereocenters. The van der Waals surface area contributed by atoms with E-state index in [1.807, 2.05) is 0 Å². The van der Waals surface area contributed by atoms with Crippen LogP contribution in [0.2, 0.25) is 0 Å². The first-order chi connectivity index (χ1) is 22.6. The number of aromatic carboxylic acids is 2. The van der Waals surface area contributed by atoms with Crippen molar-refractivity contribution in [3.05, 3.63) is 93.5 Å². The van der Waals surface area contributed by atoms with Crippen LogP contribution in [0.4, 0.5) is 11.4 Å². The molecule has 0 spiro atoms. The maximum absolute atomic E-state index is 13.2. The number of hydroxylamine groups is 1. The van der Waals surface area contributed by atoms with Crippen LogP contribution in [0.5, 0.6) is 0 Å². The molecule has 0 bridgehead atoms. The van der Waals surface area contributed by atoms with Gasteiger partial charge in [0.15, 0.2) is 0 Å². The molecule has 3 rings (SSSR count). The zero-order valence-electron chi connectivity index (χ0n) is 27.0. The second kappa shape index (κ2) is 16.3. The van der Waals surface area contributed by atoms with E-state index in [0.717, 1.165) is 30.3 Å². The first-order valence-electron chi connectivity index (χ1n) is 14.4. The van der Waals surface area contributed by atoms with Gasteiger partial charge in [-0.05, 0) is 95.3 Å². The number of anilines is 2. The van der Waals surface area contributed by atoms with Gasteiger partial charge in [0.1, 0.15) is 13.2 Å². The zero-order chi connectivity index (χ0) is 35.7. The number of carbonyl (C=O) groups is 6. The summed E-state index contributed by atoms with van der Waals surface area (Å²) in [7, 11) is 7.10. The van der Waals surface area contributed by atoms with E-state index in [4.69, 9.17) is 9.47 Å². The molecule has 2 amide bonds. The van der Waals surface area contributed by atoms with Gasteiger partial charge in [0, 0.05) is 29.9 Å². The van der Waals surface area contributed by atoms with Gasteiger partial charge in [-0.1, -0.05) is 0 Å². The van der Waals surface area contributed by atoms with Crippen LogP contribution < -0.4 is 10.4 Å². The average molecular weight is 665 g/mol. The number of carboxylic acid groups (broad SMARTS) is 2. The summed E-state index contributed by atoms with van der Waals surface area (Å²) in [6.07, 6.45) is 0. The Morgan fingerprint density at radius 1 is 0.667 bits per heavy atom. The second-order valence-electron chi connectivity index (χ2n) is 11.1. The van der Waals surface area contributed by atoms with E-state index in [1.54, 1.807) is 44.9 Å². The number of hydrogen-bond donors (Lipinski definition) is 4. The molecule has 48 heavy (non-hydrogen) atoms. The minimum atomic E-state index is -1.40. The Hall–Kier alpha value is -5.64. The first kappa shape index (κ1) is 36.8. The lowest BCUT2D eigenvalue weighted by atomic mass is 10.0. The van der Waals surface area contributed by atoms with E-state index in [2.05, 4.69) is 5.32 Å². The Labute approximate surface area is 275 Å². The molecule has 0 aliphatic heterocycles. The molecule has 0 saturated carbocycles. The predicted molar refractivity (Wildman–Crippen MR) is 172 cm³/mol. The van der Waals surface area contributed by atoms with Gasteiger partial charge in [-0.2, -0.15) is 5.06 Å². The summed E-state index contributed by atoms with van der Waals surface area (Å²) in [4.78, 5) is 78.4. The Morgan fingerprint density at radius 3 is 1.81 bits per heavy atom. The predicted octanol–water partition coefficient (Wildman–Crippen LogP) is 3.12. The van der Waals surface area contributed by atoms with Crippen LogP contribution in [0.25, 0.3) is 0 Å². The molecule has 0 fully saturated rings. The molecule has 0 radical (unpaired) electrons. The lowest BCUT2D eigenvalue weighted by Gasteiger charge is -2.18. The molecular formula is C33H36N4O11. The summed E-state index contributed by atoms with van der Waals surface area (Å²) in [5, 5.41) is 32.7. The van der Waals surface area contributed by atoms with Crippen LogP contribution in [-0.2, 0) is 9.47 Å². The van der Waals surface area contributed by atoms with Crippen LogP contribution in [0, 0.1) is 6.92 Å². The van der Waals surface area contributed by atoms with Gasteiger partial charge in [0.25, 0.3) is 11.8 Å². The number of esters is 2. The number of nitrogens with zero attached hydrogens (tertiary/aromatic N) is 3. The minimum absolute atomic E-state index is 0.00693. The van der Waals surface area contributed by atoms with Crippen LogP contribution in [-0.4, -0.2) is 115 Å². The van der Waals surface area contributed by atoms with Crippen molar-refractivity contribution in [1.29, 1.82) is 0 Å². The van der Waals surface area contributed by atoms with Crippen molar-refractivity contribution < 1.29 is 53.7 Å². The first-order valence-corrected chi connectivity index (χ1v) is 14.4. The number of amides is 2. The Kier molecular flexibility index (Phi) is 12.5. The van der Waals surface area contributed by atoms with E-state index in [-0.39, 0.29) is 63.0 Å². The summed E-state index contributed by atoms with van der Waals surface area (Å²) in [5.74, 6) is -6.25. The molecule has 254 valence electrons. The second-order valence-corrected chi connectivity index (χ2v) is 11.1. The Morgan fingerprint density at radius 2 is 1.25 bits per heavy atom. The Balaban J connectivity index is 1.81. The number of carbonyl (C=O) groups excluding carboxylic acids is 4. The number of likely N-dealkylation sites (N-methyl/N-ethyl adjacent to an activating group) is 2. The van der Waals surface area contributed by atoms with E-state index in [0.29, 0.717) is 18.7 Å². The fourth-order valence-corrected chi connectivity index (χ4v) is 4.19. The van der Waals surface area contributed by atoms with E-state index < -0.39 is 35.7 Å². The van der Waals surface area contributed by atoms with Crippen molar-refractivity contribution in [2.45, 2.75) is 6.92 Å². The third-order valence-corrected chi connectivity index (χ3v) is 6.83. The third-order valence-electron chi connectivity index (χ3n) is 6.83. The molecule has 0 aliphatic carbocycles. The number of hydrogen-bond acceptors (Lipinski definition) is 11. The maximum Gasteiger partial charge on any atom is 0.339 e. The van der Waals surface area contributed by atoms with Gasteiger partial charge < -0.3 is 34.8 Å². The van der Waals surface area contributed by atoms with Crippen LogP contribution >= 0.6 is 0 Å². The Bertz CT molecular complexity index is 1740. The van der Waals surface area contributed by atoms with Crippen molar-refractivity contribution in [3.8, 4) is 0 Å². The highest BCUT2D eigenvalue weighted by molar-refractivity contribution is 6.10. The van der Waals surface area contributed by atoms with Gasteiger partial charge in [-0.25, -0.2) is 19.2 Å². The number of benzene rings is 3. The van der Waals surface area contributed by atoms with Crippen LogP contribution in [0.1, 0.15) is 67.7 Å². The molecule has 0 saturated heterocycles. The summed E-state index contributed by atoms with van der Waals surface area (Å²) in [6.45, 7) is 2.43. The maximum atomic E-state index is 13.2. The van der Waals surface area contributed by atoms with E-state index >= 15 is 0 Å². The van der Waals surface area contributed by atoms with Gasteiger partial charge >= 0.3 is 23.9 Å². The average Bonchev–Trinajstić information content (AvgIpc) is 3.03. The highest BCUT2D eigenvalue weighted by Gasteiger charge is 2.23. The standard InChI is InChI=1S/C33H36N4O11/c1-19-14-24(37(46)29(39)21-15-22(30(40)41)17-23(16-21)32(44)47-12-10-35(2)3)7-9-27(19)34-28(38)20-6-8-25(31(42)43)26(18-20)33(45)48-13-11-36(4)5/h6-9,14-18,46H,10-13H2,1-5H3,(H,34,38)(H,40,41)(H,42,43). The van der Waals surface area contributed by atoms with Gasteiger partial charge in [-0.15, -0.1) is 0 Å². The van der Waals surface area contributed by atoms with E-state index in [1.165, 1.54) is 24.3 Å². The summed E-state index contributed by atoms with van der Waals surface area (Å²) < 4.78 is 10.3. The fraction of sp³-hybridized carbons (Fsp3) is 0.273.